The van der Waals surface area contributed by atoms with Gasteiger partial charge in [-0.2, -0.15) is 0 Å². The predicted molar refractivity (Wildman–Crippen MR) is 242 cm³/mol. The molecule has 0 atom stereocenters. The van der Waals surface area contributed by atoms with Crippen LogP contribution in [-0.2, 0) is 0 Å². The lowest BCUT2D eigenvalue weighted by molar-refractivity contribution is 1.07. The van der Waals surface area contributed by atoms with Crippen LogP contribution in [0.3, 0.4) is 0 Å². The molecule has 4 heterocycles. The van der Waals surface area contributed by atoms with Gasteiger partial charge in [0.2, 0.25) is 0 Å². The highest BCUT2D eigenvalue weighted by atomic mass is 32.1. The van der Waals surface area contributed by atoms with Crippen LogP contribution in [0.25, 0.3) is 113 Å². The fourth-order valence-electron chi connectivity index (χ4n) is 8.32. The average Bonchev–Trinajstić information content (AvgIpc) is 3.95. The van der Waals surface area contributed by atoms with Crippen LogP contribution in [0.1, 0.15) is 0 Å². The lowest BCUT2D eigenvalue weighted by Crippen LogP contribution is -2.00. The molecule has 0 saturated carbocycles. The Hall–Kier alpha value is -6.99. The summed E-state index contributed by atoms with van der Waals surface area (Å²) in [6.45, 7) is 0. The summed E-state index contributed by atoms with van der Waals surface area (Å²) in [7, 11) is 0. The molecule has 4 aromatic heterocycles. The van der Waals surface area contributed by atoms with Crippen molar-refractivity contribution in [2.75, 3.05) is 0 Å². The van der Waals surface area contributed by atoms with Crippen LogP contribution in [0.2, 0.25) is 0 Å². The van der Waals surface area contributed by atoms with Gasteiger partial charge >= 0.3 is 0 Å². The highest BCUT2D eigenvalue weighted by molar-refractivity contribution is 7.26. The molecule has 4 nitrogen and oxygen atoms in total. The largest absolute Gasteiger partial charge is 0.309 e. The molecule has 12 aromatic rings. The second-order valence-corrected chi connectivity index (χ2v) is 16.6. The first kappa shape index (κ1) is 32.3. The van der Waals surface area contributed by atoms with Gasteiger partial charge in [-0.1, -0.05) is 127 Å². The van der Waals surface area contributed by atoms with E-state index in [4.69, 9.17) is 15.0 Å². The summed E-state index contributed by atoms with van der Waals surface area (Å²) in [4.78, 5) is 14.9. The Kier molecular flexibility index (Phi) is 7.24. The molecule has 0 aliphatic heterocycles. The zero-order valence-electron chi connectivity index (χ0n) is 30.4. The van der Waals surface area contributed by atoms with E-state index in [0.717, 1.165) is 16.7 Å². The minimum atomic E-state index is 0.665. The Balaban J connectivity index is 0.920. The van der Waals surface area contributed by atoms with Crippen molar-refractivity contribution in [3.05, 3.63) is 182 Å². The van der Waals surface area contributed by atoms with Gasteiger partial charge in [0.25, 0.3) is 0 Å². The Morgan fingerprint density at radius 1 is 0.298 bits per heavy atom. The molecule has 0 N–H and O–H groups in total. The highest BCUT2D eigenvalue weighted by Gasteiger charge is 2.16. The highest BCUT2D eigenvalue weighted by Crippen LogP contribution is 2.42. The van der Waals surface area contributed by atoms with E-state index in [0.29, 0.717) is 17.5 Å². The summed E-state index contributed by atoms with van der Waals surface area (Å²) < 4.78 is 7.49. The summed E-state index contributed by atoms with van der Waals surface area (Å²) in [5.74, 6) is 2.00. The Bertz CT molecular complexity index is 3410. The van der Waals surface area contributed by atoms with E-state index in [9.17, 15) is 0 Å². The maximum atomic E-state index is 4.99. The predicted octanol–water partition coefficient (Wildman–Crippen LogP) is 14.4. The van der Waals surface area contributed by atoms with Crippen molar-refractivity contribution < 1.29 is 0 Å². The van der Waals surface area contributed by atoms with Crippen LogP contribution in [0.15, 0.2) is 182 Å². The summed E-state index contributed by atoms with van der Waals surface area (Å²) >= 11 is 3.70. The molecule has 0 unspecified atom stereocenters. The average molecular weight is 763 g/mol. The normalized spacial score (nSPS) is 11.9. The number of fused-ring (bicyclic) bond motifs is 9. The molecule has 0 amide bonds. The molecular weight excluding hydrogens is 733 g/mol. The minimum absolute atomic E-state index is 0.665. The molecule has 0 fully saturated rings. The SMILES string of the molecule is c1ccc(-c2nc(-c3ccccc3)nc(-c3ccc4sc5cc(-c6ccc7c(c6)sc6cc(-n8c9ccccc9c9ccccc98)ccc67)ccc5c4c3)n2)cc1. The minimum Gasteiger partial charge on any atom is -0.309 e. The number of benzene rings is 8. The Morgan fingerprint density at radius 2 is 0.754 bits per heavy atom. The Morgan fingerprint density at radius 3 is 1.35 bits per heavy atom. The van der Waals surface area contributed by atoms with E-state index in [2.05, 4.69) is 126 Å². The Labute approximate surface area is 335 Å². The van der Waals surface area contributed by atoms with E-state index in [1.54, 1.807) is 0 Å². The number of hydrogen-bond donors (Lipinski definition) is 0. The first-order chi connectivity index (χ1) is 28.2. The van der Waals surface area contributed by atoms with Crippen LogP contribution >= 0.6 is 22.7 Å². The third-order valence-corrected chi connectivity index (χ3v) is 13.3. The second-order valence-electron chi connectivity index (χ2n) is 14.4. The molecule has 0 bridgehead atoms. The van der Waals surface area contributed by atoms with Gasteiger partial charge in [-0.15, -0.1) is 22.7 Å². The van der Waals surface area contributed by atoms with Crippen molar-refractivity contribution in [2.45, 2.75) is 0 Å². The maximum absolute atomic E-state index is 4.99. The van der Waals surface area contributed by atoms with Gasteiger partial charge in [0.15, 0.2) is 17.5 Å². The first-order valence-electron chi connectivity index (χ1n) is 19.0. The van der Waals surface area contributed by atoms with Gasteiger partial charge in [-0.05, 0) is 65.7 Å². The molecule has 0 radical (unpaired) electrons. The molecule has 266 valence electrons. The molecule has 8 aromatic carbocycles. The summed E-state index contributed by atoms with van der Waals surface area (Å²) in [5, 5.41) is 7.60. The molecule has 0 aliphatic rings. The first-order valence-corrected chi connectivity index (χ1v) is 20.6. The third-order valence-electron chi connectivity index (χ3n) is 11.1. The van der Waals surface area contributed by atoms with E-state index in [1.165, 1.54) is 79.0 Å². The lowest BCUT2D eigenvalue weighted by atomic mass is 10.0. The fraction of sp³-hybridized carbons (Fsp3) is 0. The number of aromatic nitrogens is 4. The molecule has 0 spiro atoms. The molecule has 57 heavy (non-hydrogen) atoms. The van der Waals surface area contributed by atoms with E-state index in [-0.39, 0.29) is 0 Å². The van der Waals surface area contributed by atoms with Crippen LogP contribution in [-0.4, -0.2) is 19.5 Å². The summed E-state index contributed by atoms with van der Waals surface area (Å²) in [6, 6.07) is 65.0. The van der Waals surface area contributed by atoms with Crippen molar-refractivity contribution in [1.29, 1.82) is 0 Å². The topological polar surface area (TPSA) is 43.6 Å². The molecular formula is C51H30N4S2. The van der Waals surface area contributed by atoms with Gasteiger partial charge in [0, 0.05) is 73.5 Å². The monoisotopic (exact) mass is 762 g/mol. The van der Waals surface area contributed by atoms with E-state index in [1.807, 2.05) is 83.3 Å². The standard InChI is InChI=1S/C51H30N4S2/c1-3-11-31(12-4-1)49-52-50(32-13-5-2-6-14-32)54-51(53-49)35-21-26-45-42(27-35)41-24-20-34(29-47(41)56-45)33-19-23-39-40-25-22-36(30-48(40)57-46(39)28-33)55-43-17-9-7-15-37(43)38-16-8-10-18-44(38)55/h1-30H. The van der Waals surface area contributed by atoms with Crippen LogP contribution in [0.4, 0.5) is 0 Å². The third kappa shape index (κ3) is 5.30. The number of para-hydroxylation sites is 2. The van der Waals surface area contributed by atoms with Crippen molar-refractivity contribution in [3.63, 3.8) is 0 Å². The summed E-state index contributed by atoms with van der Waals surface area (Å²) in [5.41, 5.74) is 9.00. The maximum Gasteiger partial charge on any atom is 0.164 e. The zero-order valence-corrected chi connectivity index (χ0v) is 32.1. The molecule has 0 saturated heterocycles. The van der Waals surface area contributed by atoms with Gasteiger partial charge < -0.3 is 4.57 Å². The molecule has 12 rings (SSSR count). The quantitative estimate of drug-likeness (QED) is 0.175. The van der Waals surface area contributed by atoms with E-state index < -0.39 is 0 Å². The molecule has 6 heteroatoms. The number of thiophene rings is 2. The smallest absolute Gasteiger partial charge is 0.164 e. The van der Waals surface area contributed by atoms with Crippen molar-refractivity contribution >= 4 is 84.8 Å². The van der Waals surface area contributed by atoms with Crippen LogP contribution in [0.5, 0.6) is 0 Å². The van der Waals surface area contributed by atoms with Crippen molar-refractivity contribution in [1.82, 2.24) is 19.5 Å². The van der Waals surface area contributed by atoms with Crippen LogP contribution in [0, 0.1) is 0 Å². The number of nitrogens with zero attached hydrogens (tertiary/aromatic N) is 4. The van der Waals surface area contributed by atoms with Gasteiger partial charge in [-0.25, -0.2) is 15.0 Å². The van der Waals surface area contributed by atoms with Gasteiger partial charge in [0.05, 0.1) is 11.0 Å². The van der Waals surface area contributed by atoms with Gasteiger partial charge in [0.1, 0.15) is 0 Å². The molecule has 0 aliphatic carbocycles. The van der Waals surface area contributed by atoms with Crippen molar-refractivity contribution in [3.8, 4) is 51.0 Å². The lowest BCUT2D eigenvalue weighted by Gasteiger charge is -2.08. The van der Waals surface area contributed by atoms with Crippen molar-refractivity contribution in [2.24, 2.45) is 0 Å². The summed E-state index contributed by atoms with van der Waals surface area (Å²) in [6.07, 6.45) is 0. The second kappa shape index (κ2) is 12.8. The van der Waals surface area contributed by atoms with Gasteiger partial charge in [-0.3, -0.25) is 0 Å². The van der Waals surface area contributed by atoms with E-state index >= 15 is 0 Å². The van der Waals surface area contributed by atoms with Crippen LogP contribution < -0.4 is 0 Å². The number of hydrogen-bond acceptors (Lipinski definition) is 5. The number of rotatable bonds is 5. The fourth-order valence-corrected chi connectivity index (χ4v) is 10.6. The zero-order chi connectivity index (χ0) is 37.5.